The van der Waals surface area contributed by atoms with Gasteiger partial charge in [0.25, 0.3) is 0 Å². The van der Waals surface area contributed by atoms with Crippen molar-refractivity contribution in [1.29, 1.82) is 0 Å². The van der Waals surface area contributed by atoms with E-state index in [9.17, 15) is 10.2 Å². The van der Waals surface area contributed by atoms with Crippen LogP contribution in [0.4, 0.5) is 0 Å². The molecule has 18 heavy (non-hydrogen) atoms. The fourth-order valence-electron chi connectivity index (χ4n) is 1.35. The van der Waals surface area contributed by atoms with Gasteiger partial charge in [-0.2, -0.15) is 0 Å². The Labute approximate surface area is 107 Å². The minimum Gasteiger partial charge on any atom is -0.493 e. The van der Waals surface area contributed by atoms with Crippen molar-refractivity contribution in [2.24, 2.45) is 0 Å². The summed E-state index contributed by atoms with van der Waals surface area (Å²) in [7, 11) is 0. The van der Waals surface area contributed by atoms with E-state index in [1.165, 1.54) is 0 Å². The highest BCUT2D eigenvalue weighted by atomic mass is 16.5. The minimum absolute atomic E-state index is 0.0271. The van der Waals surface area contributed by atoms with Gasteiger partial charge in [-0.1, -0.05) is 6.92 Å². The van der Waals surface area contributed by atoms with E-state index in [-0.39, 0.29) is 19.8 Å². The summed E-state index contributed by atoms with van der Waals surface area (Å²) in [6.07, 6.45) is -0.0296. The summed E-state index contributed by atoms with van der Waals surface area (Å²) in [6, 6.07) is 5.15. The van der Waals surface area contributed by atoms with E-state index >= 15 is 0 Å². The number of benzene rings is 1. The van der Waals surface area contributed by atoms with Crippen LogP contribution in [0.1, 0.15) is 18.9 Å². The van der Waals surface area contributed by atoms with Gasteiger partial charge in [0.2, 0.25) is 0 Å². The van der Waals surface area contributed by atoms with Crippen molar-refractivity contribution in [2.45, 2.75) is 26.1 Å². The minimum atomic E-state index is -0.934. The molecule has 1 unspecified atom stereocenters. The lowest BCUT2D eigenvalue weighted by Gasteiger charge is -2.14. The van der Waals surface area contributed by atoms with E-state index in [2.05, 4.69) is 0 Å². The first-order valence-electron chi connectivity index (χ1n) is 5.99. The molecule has 0 saturated carbocycles. The third kappa shape index (κ3) is 4.52. The van der Waals surface area contributed by atoms with E-state index in [0.717, 1.165) is 6.42 Å². The number of aliphatic hydroxyl groups excluding tert-OH is 3. The zero-order valence-corrected chi connectivity index (χ0v) is 10.5. The molecule has 1 aromatic carbocycles. The lowest BCUT2D eigenvalue weighted by atomic mass is 10.2. The first-order chi connectivity index (χ1) is 8.71. The molecule has 0 saturated heterocycles. The maximum absolute atomic E-state index is 9.22. The number of hydrogen-bond donors (Lipinski definition) is 3. The fraction of sp³-hybridized carbons (Fsp3) is 0.538. The van der Waals surface area contributed by atoms with Crippen molar-refractivity contribution >= 4 is 0 Å². The van der Waals surface area contributed by atoms with Crippen LogP contribution in [0.3, 0.4) is 0 Å². The summed E-state index contributed by atoms with van der Waals surface area (Å²) in [5, 5.41) is 27.1. The lowest BCUT2D eigenvalue weighted by Crippen LogP contribution is -2.21. The highest BCUT2D eigenvalue weighted by Crippen LogP contribution is 2.25. The van der Waals surface area contributed by atoms with Crippen molar-refractivity contribution < 1.29 is 24.8 Å². The van der Waals surface area contributed by atoms with Crippen LogP contribution in [0, 0.1) is 0 Å². The monoisotopic (exact) mass is 256 g/mol. The first-order valence-corrected chi connectivity index (χ1v) is 5.99. The predicted molar refractivity (Wildman–Crippen MR) is 66.7 cm³/mol. The molecule has 1 aromatic rings. The molecule has 0 bridgehead atoms. The van der Waals surface area contributed by atoms with Gasteiger partial charge in [0, 0.05) is 11.6 Å². The second-order valence-electron chi connectivity index (χ2n) is 3.92. The summed E-state index contributed by atoms with van der Waals surface area (Å²) < 4.78 is 10.8. The molecule has 0 aliphatic carbocycles. The Hall–Kier alpha value is -1.30. The molecule has 1 atom stereocenters. The van der Waals surface area contributed by atoms with E-state index in [1.54, 1.807) is 18.2 Å². The van der Waals surface area contributed by atoms with Crippen LogP contribution in [-0.2, 0) is 6.61 Å². The molecule has 0 aliphatic rings. The Morgan fingerprint density at radius 1 is 1.22 bits per heavy atom. The van der Waals surface area contributed by atoms with E-state index in [4.69, 9.17) is 14.6 Å². The van der Waals surface area contributed by atoms with Gasteiger partial charge < -0.3 is 24.8 Å². The summed E-state index contributed by atoms with van der Waals surface area (Å²) in [5.74, 6) is 1.11. The van der Waals surface area contributed by atoms with E-state index in [1.807, 2.05) is 6.92 Å². The zero-order valence-electron chi connectivity index (χ0n) is 10.5. The average molecular weight is 256 g/mol. The Morgan fingerprint density at radius 3 is 2.61 bits per heavy atom. The summed E-state index contributed by atoms with van der Waals surface area (Å²) in [5.41, 5.74) is 0.615. The molecular formula is C13H20O5. The topological polar surface area (TPSA) is 79.2 Å². The Kier molecular flexibility index (Phi) is 6.49. The zero-order chi connectivity index (χ0) is 13.4. The number of aliphatic hydroxyl groups is 3. The Bertz CT molecular complexity index is 353. The van der Waals surface area contributed by atoms with Crippen LogP contribution >= 0.6 is 0 Å². The maximum atomic E-state index is 9.22. The average Bonchev–Trinajstić information content (AvgIpc) is 2.42. The van der Waals surface area contributed by atoms with Gasteiger partial charge in [0.1, 0.15) is 24.2 Å². The van der Waals surface area contributed by atoms with Crippen molar-refractivity contribution in [3.8, 4) is 11.5 Å². The summed E-state index contributed by atoms with van der Waals surface area (Å²) in [4.78, 5) is 0. The van der Waals surface area contributed by atoms with Crippen molar-refractivity contribution in [1.82, 2.24) is 0 Å². The van der Waals surface area contributed by atoms with Gasteiger partial charge in [-0.05, 0) is 18.6 Å². The van der Waals surface area contributed by atoms with Crippen LogP contribution in [0.2, 0.25) is 0 Å². The van der Waals surface area contributed by atoms with Gasteiger partial charge in [-0.25, -0.2) is 0 Å². The van der Waals surface area contributed by atoms with Crippen LogP contribution in [0.15, 0.2) is 18.2 Å². The lowest BCUT2D eigenvalue weighted by molar-refractivity contribution is 0.0527. The third-order valence-corrected chi connectivity index (χ3v) is 2.32. The molecule has 0 radical (unpaired) electrons. The van der Waals surface area contributed by atoms with Crippen LogP contribution in [0.5, 0.6) is 11.5 Å². The van der Waals surface area contributed by atoms with Gasteiger partial charge in [-0.3, -0.25) is 0 Å². The fourth-order valence-corrected chi connectivity index (χ4v) is 1.35. The summed E-state index contributed by atoms with van der Waals surface area (Å²) >= 11 is 0. The molecule has 1 rings (SSSR count). The molecular weight excluding hydrogens is 236 g/mol. The molecule has 0 aliphatic heterocycles. The van der Waals surface area contributed by atoms with Gasteiger partial charge in [0.15, 0.2) is 0 Å². The molecule has 0 fully saturated rings. The molecule has 3 N–H and O–H groups in total. The first kappa shape index (κ1) is 14.8. The molecule has 0 amide bonds. The van der Waals surface area contributed by atoms with Gasteiger partial charge >= 0.3 is 0 Å². The smallest absolute Gasteiger partial charge is 0.128 e. The Morgan fingerprint density at radius 2 is 2.00 bits per heavy atom. The largest absolute Gasteiger partial charge is 0.493 e. The number of hydrogen-bond acceptors (Lipinski definition) is 5. The van der Waals surface area contributed by atoms with Crippen molar-refractivity contribution in [3.05, 3.63) is 23.8 Å². The number of ether oxygens (including phenoxy) is 2. The van der Waals surface area contributed by atoms with Crippen LogP contribution in [0.25, 0.3) is 0 Å². The quantitative estimate of drug-likeness (QED) is 0.638. The summed E-state index contributed by atoms with van der Waals surface area (Å²) in [6.45, 7) is 2.08. The highest BCUT2D eigenvalue weighted by molar-refractivity contribution is 5.40. The van der Waals surface area contributed by atoms with Crippen molar-refractivity contribution in [3.63, 3.8) is 0 Å². The number of rotatable bonds is 8. The van der Waals surface area contributed by atoms with Crippen LogP contribution < -0.4 is 9.47 Å². The SMILES string of the molecule is CCCOc1ccc(CO)c(OCC(O)CO)c1. The van der Waals surface area contributed by atoms with Gasteiger partial charge in [0.05, 0.1) is 19.8 Å². The molecule has 0 aromatic heterocycles. The second-order valence-corrected chi connectivity index (χ2v) is 3.92. The molecule has 5 nitrogen and oxygen atoms in total. The van der Waals surface area contributed by atoms with E-state index < -0.39 is 6.10 Å². The highest BCUT2D eigenvalue weighted by Gasteiger charge is 2.08. The standard InChI is InChI=1S/C13H20O5/c1-2-5-17-12-4-3-10(7-14)13(6-12)18-9-11(16)8-15/h3-4,6,11,14-16H,2,5,7-9H2,1H3. The molecule has 5 heteroatoms. The second kappa shape index (κ2) is 7.92. The predicted octanol–water partition coefficient (Wildman–Crippen LogP) is 0.700. The van der Waals surface area contributed by atoms with Gasteiger partial charge in [-0.15, -0.1) is 0 Å². The molecule has 0 spiro atoms. The third-order valence-electron chi connectivity index (χ3n) is 2.32. The van der Waals surface area contributed by atoms with Crippen LogP contribution in [-0.4, -0.2) is 41.2 Å². The molecule has 0 heterocycles. The van der Waals surface area contributed by atoms with E-state index in [0.29, 0.717) is 23.7 Å². The Balaban J connectivity index is 2.71. The normalized spacial score (nSPS) is 12.2. The molecule has 102 valence electrons. The van der Waals surface area contributed by atoms with Crippen molar-refractivity contribution in [2.75, 3.05) is 19.8 Å². The maximum Gasteiger partial charge on any atom is 0.128 e.